The maximum atomic E-state index is 12.4. The Hall–Kier alpha value is -1.98. The van der Waals surface area contributed by atoms with Crippen LogP contribution >= 0.6 is 0 Å². The zero-order valence-electron chi connectivity index (χ0n) is 7.94. The molecule has 0 saturated carbocycles. The van der Waals surface area contributed by atoms with Crippen LogP contribution in [0.5, 0.6) is 0 Å². The van der Waals surface area contributed by atoms with E-state index in [1.165, 1.54) is 18.5 Å². The second-order valence-corrected chi connectivity index (χ2v) is 3.00. The molecule has 2 rings (SSSR count). The normalized spacial score (nSPS) is 11.4. The highest BCUT2D eigenvalue weighted by molar-refractivity contribution is 5.54. The average Bonchev–Trinajstić information content (AvgIpc) is 2.29. The molecule has 6 heteroatoms. The summed E-state index contributed by atoms with van der Waals surface area (Å²) in [6.07, 6.45) is -0.425. The van der Waals surface area contributed by atoms with Crippen LogP contribution in [0.1, 0.15) is 5.69 Å². The summed E-state index contributed by atoms with van der Waals surface area (Å²) in [4.78, 5) is 11.0. The number of hydrogen-bond donors (Lipinski definition) is 0. The number of rotatable bonds is 1. The van der Waals surface area contributed by atoms with Crippen LogP contribution in [0, 0.1) is 0 Å². The Labute approximate surface area is 89.0 Å². The molecule has 0 unspecified atom stereocenters. The zero-order chi connectivity index (χ0) is 11.6. The van der Waals surface area contributed by atoms with E-state index in [2.05, 4.69) is 15.0 Å². The maximum absolute atomic E-state index is 12.4. The molecule has 2 heterocycles. The average molecular weight is 225 g/mol. The molecule has 2 aromatic heterocycles. The zero-order valence-corrected chi connectivity index (χ0v) is 7.94. The van der Waals surface area contributed by atoms with Crippen LogP contribution in [0.3, 0.4) is 0 Å². The van der Waals surface area contributed by atoms with Crippen molar-refractivity contribution in [1.29, 1.82) is 0 Å². The lowest BCUT2D eigenvalue weighted by Gasteiger charge is -2.06. The first-order valence-corrected chi connectivity index (χ1v) is 4.38. The number of nitrogens with zero attached hydrogens (tertiary/aromatic N) is 3. The number of pyridine rings is 1. The van der Waals surface area contributed by atoms with E-state index in [0.29, 0.717) is 5.56 Å². The van der Waals surface area contributed by atoms with E-state index in [-0.39, 0.29) is 5.82 Å². The summed E-state index contributed by atoms with van der Waals surface area (Å²) in [5, 5.41) is 0. The standard InChI is InChI=1S/C10H6F3N3/c11-10(12,13)8-6-7(2-5-14-8)9-15-3-1-4-16-9/h1-6H. The molecule has 16 heavy (non-hydrogen) atoms. The summed E-state index contributed by atoms with van der Waals surface area (Å²) >= 11 is 0. The van der Waals surface area contributed by atoms with E-state index in [0.717, 1.165) is 12.3 Å². The van der Waals surface area contributed by atoms with Crippen molar-refractivity contribution >= 4 is 0 Å². The van der Waals surface area contributed by atoms with Gasteiger partial charge in [0, 0.05) is 24.2 Å². The quantitative estimate of drug-likeness (QED) is 0.748. The minimum Gasteiger partial charge on any atom is -0.252 e. The second-order valence-electron chi connectivity index (χ2n) is 3.00. The highest BCUT2D eigenvalue weighted by atomic mass is 19.4. The van der Waals surface area contributed by atoms with E-state index in [4.69, 9.17) is 0 Å². The summed E-state index contributed by atoms with van der Waals surface area (Å²) in [7, 11) is 0. The lowest BCUT2D eigenvalue weighted by Crippen LogP contribution is -2.07. The summed E-state index contributed by atoms with van der Waals surface area (Å²) in [5.41, 5.74) is -0.652. The summed E-state index contributed by atoms with van der Waals surface area (Å²) in [5.74, 6) is 0.246. The van der Waals surface area contributed by atoms with Gasteiger partial charge in [0.25, 0.3) is 0 Å². The molecule has 0 amide bonds. The SMILES string of the molecule is FC(F)(F)c1cc(-c2ncccn2)ccn1. The topological polar surface area (TPSA) is 38.7 Å². The third-order valence-electron chi connectivity index (χ3n) is 1.87. The van der Waals surface area contributed by atoms with Crippen molar-refractivity contribution in [2.75, 3.05) is 0 Å². The van der Waals surface area contributed by atoms with Crippen molar-refractivity contribution in [3.8, 4) is 11.4 Å². The van der Waals surface area contributed by atoms with Crippen LogP contribution in [0.25, 0.3) is 11.4 Å². The number of halogens is 3. The molecule has 0 saturated heterocycles. The van der Waals surface area contributed by atoms with Crippen molar-refractivity contribution in [2.45, 2.75) is 6.18 Å². The first-order valence-electron chi connectivity index (χ1n) is 4.38. The molecule has 3 nitrogen and oxygen atoms in total. The summed E-state index contributed by atoms with van der Waals surface area (Å²) < 4.78 is 37.1. The molecule has 0 spiro atoms. The van der Waals surface area contributed by atoms with Gasteiger partial charge in [-0.2, -0.15) is 13.2 Å². The second kappa shape index (κ2) is 3.88. The molecule has 0 aliphatic carbocycles. The predicted octanol–water partition coefficient (Wildman–Crippen LogP) is 2.56. The minimum absolute atomic E-state index is 0.246. The van der Waals surface area contributed by atoms with Crippen molar-refractivity contribution in [3.05, 3.63) is 42.5 Å². The molecule has 82 valence electrons. The van der Waals surface area contributed by atoms with E-state index in [1.807, 2.05) is 0 Å². The van der Waals surface area contributed by atoms with Crippen LogP contribution in [-0.4, -0.2) is 15.0 Å². The summed E-state index contributed by atoms with van der Waals surface area (Å²) in [6, 6.07) is 3.95. The molecular weight excluding hydrogens is 219 g/mol. The Balaban J connectivity index is 2.45. The van der Waals surface area contributed by atoms with E-state index >= 15 is 0 Å². The van der Waals surface area contributed by atoms with Gasteiger partial charge in [0.15, 0.2) is 5.82 Å². The summed E-state index contributed by atoms with van der Waals surface area (Å²) in [6.45, 7) is 0. The van der Waals surface area contributed by atoms with Crippen molar-refractivity contribution < 1.29 is 13.2 Å². The Morgan fingerprint density at radius 1 is 0.938 bits per heavy atom. The number of alkyl halides is 3. The predicted molar refractivity (Wildman–Crippen MR) is 50.3 cm³/mol. The highest BCUT2D eigenvalue weighted by Gasteiger charge is 2.32. The molecule has 0 fully saturated rings. The van der Waals surface area contributed by atoms with Gasteiger partial charge >= 0.3 is 6.18 Å². The third kappa shape index (κ3) is 2.16. The van der Waals surface area contributed by atoms with Gasteiger partial charge in [0.2, 0.25) is 0 Å². The molecule has 0 radical (unpaired) electrons. The van der Waals surface area contributed by atoms with Gasteiger partial charge in [-0.05, 0) is 18.2 Å². The van der Waals surface area contributed by atoms with Crippen molar-refractivity contribution in [2.24, 2.45) is 0 Å². The molecular formula is C10H6F3N3. The molecule has 0 atom stereocenters. The van der Waals surface area contributed by atoms with Crippen LogP contribution < -0.4 is 0 Å². The van der Waals surface area contributed by atoms with Gasteiger partial charge in [0.05, 0.1) is 0 Å². The van der Waals surface area contributed by atoms with E-state index < -0.39 is 11.9 Å². The largest absolute Gasteiger partial charge is 0.433 e. The third-order valence-corrected chi connectivity index (χ3v) is 1.87. The molecule has 2 aromatic rings. The van der Waals surface area contributed by atoms with Crippen molar-refractivity contribution in [1.82, 2.24) is 15.0 Å². The number of aromatic nitrogens is 3. The Morgan fingerprint density at radius 2 is 1.62 bits per heavy atom. The van der Waals surface area contributed by atoms with Gasteiger partial charge in [-0.3, -0.25) is 4.98 Å². The van der Waals surface area contributed by atoms with Gasteiger partial charge in [-0.15, -0.1) is 0 Å². The Morgan fingerprint density at radius 3 is 2.25 bits per heavy atom. The molecule has 0 bridgehead atoms. The highest BCUT2D eigenvalue weighted by Crippen LogP contribution is 2.29. The fraction of sp³-hybridized carbons (Fsp3) is 0.100. The van der Waals surface area contributed by atoms with Gasteiger partial charge < -0.3 is 0 Å². The first-order chi connectivity index (χ1) is 7.57. The van der Waals surface area contributed by atoms with Gasteiger partial charge in [0.1, 0.15) is 5.69 Å². The fourth-order valence-electron chi connectivity index (χ4n) is 1.17. The van der Waals surface area contributed by atoms with E-state index in [9.17, 15) is 13.2 Å². The van der Waals surface area contributed by atoms with E-state index in [1.54, 1.807) is 6.07 Å². The molecule has 0 N–H and O–H groups in total. The van der Waals surface area contributed by atoms with Crippen molar-refractivity contribution in [3.63, 3.8) is 0 Å². The first kappa shape index (κ1) is 10.5. The lowest BCUT2D eigenvalue weighted by atomic mass is 10.2. The lowest BCUT2D eigenvalue weighted by molar-refractivity contribution is -0.141. The molecule has 0 aliphatic rings. The van der Waals surface area contributed by atoms with Gasteiger partial charge in [-0.25, -0.2) is 9.97 Å². The van der Waals surface area contributed by atoms with Crippen LogP contribution in [0.4, 0.5) is 13.2 Å². The van der Waals surface area contributed by atoms with Crippen LogP contribution in [0.2, 0.25) is 0 Å². The van der Waals surface area contributed by atoms with Crippen LogP contribution in [-0.2, 0) is 6.18 Å². The maximum Gasteiger partial charge on any atom is 0.433 e. The Kier molecular flexibility index (Phi) is 2.55. The fourth-order valence-corrected chi connectivity index (χ4v) is 1.17. The smallest absolute Gasteiger partial charge is 0.252 e. The monoisotopic (exact) mass is 225 g/mol. The number of hydrogen-bond acceptors (Lipinski definition) is 3. The molecule has 0 aliphatic heterocycles. The van der Waals surface area contributed by atoms with Crippen LogP contribution in [0.15, 0.2) is 36.8 Å². The van der Waals surface area contributed by atoms with Gasteiger partial charge in [-0.1, -0.05) is 0 Å². The molecule has 0 aromatic carbocycles. The minimum atomic E-state index is -4.45. The Bertz CT molecular complexity index is 482.